The summed E-state index contributed by atoms with van der Waals surface area (Å²) in [4.78, 5) is 0. The van der Waals surface area contributed by atoms with Crippen LogP contribution in [0.25, 0.3) is 0 Å². The SMILES string of the molecule is OC(Cc1cccc(Cl)c1)c1cc(Cl)ccc1Br. The van der Waals surface area contributed by atoms with Gasteiger partial charge in [0, 0.05) is 20.9 Å². The number of hydrogen-bond donors (Lipinski definition) is 1. The first-order valence-electron chi connectivity index (χ1n) is 5.44. The highest BCUT2D eigenvalue weighted by molar-refractivity contribution is 9.10. The van der Waals surface area contributed by atoms with Crippen LogP contribution in [0.15, 0.2) is 46.9 Å². The van der Waals surface area contributed by atoms with E-state index in [2.05, 4.69) is 15.9 Å². The largest absolute Gasteiger partial charge is 0.388 e. The maximum atomic E-state index is 10.2. The van der Waals surface area contributed by atoms with Crippen molar-refractivity contribution in [2.75, 3.05) is 0 Å². The van der Waals surface area contributed by atoms with Gasteiger partial charge < -0.3 is 5.11 Å². The molecule has 0 saturated carbocycles. The second kappa shape index (κ2) is 6.07. The lowest BCUT2D eigenvalue weighted by Gasteiger charge is -2.13. The number of rotatable bonds is 3. The van der Waals surface area contributed by atoms with Crippen LogP contribution in [0.4, 0.5) is 0 Å². The maximum Gasteiger partial charge on any atom is 0.0841 e. The standard InChI is InChI=1S/C14H11BrCl2O/c15-13-5-4-11(17)8-12(13)14(18)7-9-2-1-3-10(16)6-9/h1-6,8,14,18H,7H2. The van der Waals surface area contributed by atoms with Crippen LogP contribution in [-0.2, 0) is 6.42 Å². The van der Waals surface area contributed by atoms with E-state index in [9.17, 15) is 5.11 Å². The predicted octanol–water partition coefficient (Wildman–Crippen LogP) is 5.03. The molecule has 2 aromatic rings. The second-order valence-corrected chi connectivity index (χ2v) is 5.74. The average Bonchev–Trinajstić information content (AvgIpc) is 2.32. The molecule has 0 aliphatic rings. The molecule has 0 amide bonds. The molecule has 2 aromatic carbocycles. The first kappa shape index (κ1) is 13.9. The quantitative estimate of drug-likeness (QED) is 0.826. The summed E-state index contributed by atoms with van der Waals surface area (Å²) in [5, 5.41) is 11.5. The number of aliphatic hydroxyl groups is 1. The lowest BCUT2D eigenvalue weighted by atomic mass is 10.0. The number of aliphatic hydroxyl groups excluding tert-OH is 1. The summed E-state index contributed by atoms with van der Waals surface area (Å²) in [6.45, 7) is 0. The van der Waals surface area contributed by atoms with Gasteiger partial charge in [0.2, 0.25) is 0 Å². The van der Waals surface area contributed by atoms with Gasteiger partial charge in [-0.05, 0) is 41.5 Å². The first-order chi connectivity index (χ1) is 8.56. The summed E-state index contributed by atoms with van der Waals surface area (Å²) in [5.74, 6) is 0. The highest BCUT2D eigenvalue weighted by atomic mass is 79.9. The third kappa shape index (κ3) is 3.48. The minimum absolute atomic E-state index is 0.500. The number of halogens is 3. The van der Waals surface area contributed by atoms with Gasteiger partial charge in [-0.3, -0.25) is 0 Å². The van der Waals surface area contributed by atoms with E-state index in [-0.39, 0.29) is 0 Å². The summed E-state index contributed by atoms with van der Waals surface area (Å²) >= 11 is 15.3. The summed E-state index contributed by atoms with van der Waals surface area (Å²) in [6, 6.07) is 12.8. The van der Waals surface area contributed by atoms with Crippen molar-refractivity contribution in [3.8, 4) is 0 Å². The predicted molar refractivity (Wildman–Crippen MR) is 79.3 cm³/mol. The molecule has 0 aromatic heterocycles. The van der Waals surface area contributed by atoms with Crippen LogP contribution in [0.1, 0.15) is 17.2 Å². The lowest BCUT2D eigenvalue weighted by Crippen LogP contribution is -2.02. The Morgan fingerprint density at radius 1 is 1.06 bits per heavy atom. The van der Waals surface area contributed by atoms with Crippen LogP contribution in [0.2, 0.25) is 10.0 Å². The van der Waals surface area contributed by atoms with Crippen molar-refractivity contribution in [1.82, 2.24) is 0 Å². The van der Waals surface area contributed by atoms with Crippen LogP contribution in [0, 0.1) is 0 Å². The fraction of sp³-hybridized carbons (Fsp3) is 0.143. The Bertz CT molecular complexity index is 557. The van der Waals surface area contributed by atoms with Crippen molar-refractivity contribution in [1.29, 1.82) is 0 Å². The maximum absolute atomic E-state index is 10.2. The molecule has 1 unspecified atom stereocenters. The summed E-state index contributed by atoms with van der Waals surface area (Å²) in [7, 11) is 0. The number of benzene rings is 2. The molecule has 4 heteroatoms. The molecule has 0 heterocycles. The van der Waals surface area contributed by atoms with E-state index in [1.165, 1.54) is 0 Å². The van der Waals surface area contributed by atoms with Gasteiger partial charge in [-0.25, -0.2) is 0 Å². The fourth-order valence-electron chi connectivity index (χ4n) is 1.77. The van der Waals surface area contributed by atoms with Crippen molar-refractivity contribution in [3.05, 3.63) is 68.1 Å². The smallest absolute Gasteiger partial charge is 0.0841 e. The van der Waals surface area contributed by atoms with Gasteiger partial charge in [0.1, 0.15) is 0 Å². The van der Waals surface area contributed by atoms with Gasteiger partial charge >= 0.3 is 0 Å². The van der Waals surface area contributed by atoms with E-state index in [0.29, 0.717) is 16.5 Å². The Morgan fingerprint density at radius 3 is 2.50 bits per heavy atom. The van der Waals surface area contributed by atoms with Gasteiger partial charge in [-0.1, -0.05) is 51.3 Å². The van der Waals surface area contributed by atoms with E-state index < -0.39 is 6.10 Å². The zero-order valence-electron chi connectivity index (χ0n) is 9.41. The molecule has 0 spiro atoms. The van der Waals surface area contributed by atoms with Crippen LogP contribution < -0.4 is 0 Å². The molecular weight excluding hydrogens is 335 g/mol. The van der Waals surface area contributed by atoms with Gasteiger partial charge in [-0.15, -0.1) is 0 Å². The van der Waals surface area contributed by atoms with Crippen molar-refractivity contribution in [2.24, 2.45) is 0 Å². The highest BCUT2D eigenvalue weighted by Crippen LogP contribution is 2.29. The van der Waals surface area contributed by atoms with Crippen LogP contribution in [0.3, 0.4) is 0 Å². The van der Waals surface area contributed by atoms with Crippen molar-refractivity contribution < 1.29 is 5.11 Å². The van der Waals surface area contributed by atoms with Crippen molar-refractivity contribution in [3.63, 3.8) is 0 Å². The highest BCUT2D eigenvalue weighted by Gasteiger charge is 2.12. The van der Waals surface area contributed by atoms with Gasteiger partial charge in [0.15, 0.2) is 0 Å². The molecule has 0 aliphatic carbocycles. The zero-order valence-corrected chi connectivity index (χ0v) is 12.5. The molecule has 0 radical (unpaired) electrons. The summed E-state index contributed by atoms with van der Waals surface area (Å²) in [6.07, 6.45) is -0.115. The van der Waals surface area contributed by atoms with Crippen LogP contribution in [-0.4, -0.2) is 5.11 Å². The third-order valence-electron chi connectivity index (χ3n) is 2.64. The Kier molecular flexibility index (Phi) is 4.68. The van der Waals surface area contributed by atoms with Crippen molar-refractivity contribution >= 4 is 39.1 Å². The van der Waals surface area contributed by atoms with Crippen molar-refractivity contribution in [2.45, 2.75) is 12.5 Å². The van der Waals surface area contributed by atoms with E-state index in [1.54, 1.807) is 12.1 Å². The molecule has 0 bridgehead atoms. The molecule has 2 rings (SSSR count). The molecule has 0 saturated heterocycles. The molecule has 0 fully saturated rings. The van der Waals surface area contributed by atoms with E-state index >= 15 is 0 Å². The molecule has 94 valence electrons. The van der Waals surface area contributed by atoms with E-state index in [4.69, 9.17) is 23.2 Å². The Balaban J connectivity index is 2.21. The van der Waals surface area contributed by atoms with E-state index in [0.717, 1.165) is 15.6 Å². The molecule has 18 heavy (non-hydrogen) atoms. The average molecular weight is 346 g/mol. The van der Waals surface area contributed by atoms with Crippen LogP contribution >= 0.6 is 39.1 Å². The lowest BCUT2D eigenvalue weighted by molar-refractivity contribution is 0.177. The monoisotopic (exact) mass is 344 g/mol. The third-order valence-corrected chi connectivity index (χ3v) is 3.83. The Labute approximate surface area is 124 Å². The number of hydrogen-bond acceptors (Lipinski definition) is 1. The molecular formula is C14H11BrCl2O. The van der Waals surface area contributed by atoms with Crippen LogP contribution in [0.5, 0.6) is 0 Å². The summed E-state index contributed by atoms with van der Waals surface area (Å²) in [5.41, 5.74) is 1.77. The molecule has 1 atom stereocenters. The topological polar surface area (TPSA) is 20.2 Å². The van der Waals surface area contributed by atoms with E-state index in [1.807, 2.05) is 30.3 Å². The molecule has 1 N–H and O–H groups in total. The zero-order chi connectivity index (χ0) is 13.1. The molecule has 1 nitrogen and oxygen atoms in total. The van der Waals surface area contributed by atoms with Gasteiger partial charge in [0.05, 0.1) is 6.10 Å². The van der Waals surface area contributed by atoms with Gasteiger partial charge in [0.25, 0.3) is 0 Å². The first-order valence-corrected chi connectivity index (χ1v) is 6.98. The normalized spacial score (nSPS) is 12.4. The minimum atomic E-state index is -0.614. The molecule has 0 aliphatic heterocycles. The fourth-order valence-corrected chi connectivity index (χ4v) is 2.67. The summed E-state index contributed by atoms with van der Waals surface area (Å²) < 4.78 is 0.849. The second-order valence-electron chi connectivity index (χ2n) is 4.02. The minimum Gasteiger partial charge on any atom is -0.388 e. The Hall–Kier alpha value is -0.540. The van der Waals surface area contributed by atoms with Gasteiger partial charge in [-0.2, -0.15) is 0 Å². The Morgan fingerprint density at radius 2 is 1.78 bits per heavy atom.